The van der Waals surface area contributed by atoms with E-state index in [1.807, 2.05) is 30.5 Å². The SMILES string of the molecule is C(=N\C(c1ccccc1)c1cccc2ccccc12)/c1ccccn1. The topological polar surface area (TPSA) is 25.2 Å². The number of hydrogen-bond donors (Lipinski definition) is 0. The highest BCUT2D eigenvalue weighted by atomic mass is 14.8. The van der Waals surface area contributed by atoms with Gasteiger partial charge in [0.15, 0.2) is 0 Å². The van der Waals surface area contributed by atoms with Gasteiger partial charge in [0.25, 0.3) is 0 Å². The van der Waals surface area contributed by atoms with Crippen molar-refractivity contribution in [2.75, 3.05) is 0 Å². The van der Waals surface area contributed by atoms with Crippen molar-refractivity contribution < 1.29 is 0 Å². The average molecular weight is 322 g/mol. The van der Waals surface area contributed by atoms with Crippen molar-refractivity contribution in [2.45, 2.75) is 6.04 Å². The van der Waals surface area contributed by atoms with Crippen LogP contribution in [0.5, 0.6) is 0 Å². The summed E-state index contributed by atoms with van der Waals surface area (Å²) in [5, 5.41) is 2.46. The Hall–Kier alpha value is -3.26. The van der Waals surface area contributed by atoms with Gasteiger partial charge < -0.3 is 0 Å². The summed E-state index contributed by atoms with van der Waals surface area (Å²) in [6.07, 6.45) is 3.65. The maximum absolute atomic E-state index is 4.90. The fourth-order valence-electron chi connectivity index (χ4n) is 3.07. The van der Waals surface area contributed by atoms with Crippen LogP contribution in [0.2, 0.25) is 0 Å². The first-order valence-corrected chi connectivity index (χ1v) is 8.38. The van der Waals surface area contributed by atoms with Gasteiger partial charge in [-0.2, -0.15) is 0 Å². The van der Waals surface area contributed by atoms with Crippen LogP contribution in [0.1, 0.15) is 22.9 Å². The molecule has 3 aromatic carbocycles. The van der Waals surface area contributed by atoms with Crippen LogP contribution in [0.15, 0.2) is 102 Å². The number of aliphatic imine (C=N–C) groups is 1. The Bertz CT molecular complexity index is 987. The average Bonchev–Trinajstić information content (AvgIpc) is 2.70. The van der Waals surface area contributed by atoms with E-state index in [1.165, 1.54) is 21.9 Å². The molecular formula is C23H18N2. The summed E-state index contributed by atoms with van der Waals surface area (Å²) in [6.45, 7) is 0. The zero-order chi connectivity index (χ0) is 16.9. The quantitative estimate of drug-likeness (QED) is 0.459. The molecule has 0 bridgehead atoms. The van der Waals surface area contributed by atoms with Crippen molar-refractivity contribution in [3.8, 4) is 0 Å². The molecular weight excluding hydrogens is 304 g/mol. The van der Waals surface area contributed by atoms with Crippen molar-refractivity contribution >= 4 is 17.0 Å². The van der Waals surface area contributed by atoms with Gasteiger partial charge in [0.2, 0.25) is 0 Å². The lowest BCUT2D eigenvalue weighted by Crippen LogP contribution is -2.00. The Morgan fingerprint density at radius 2 is 1.48 bits per heavy atom. The van der Waals surface area contributed by atoms with Crippen LogP contribution < -0.4 is 0 Å². The van der Waals surface area contributed by atoms with E-state index in [9.17, 15) is 0 Å². The van der Waals surface area contributed by atoms with E-state index in [0.717, 1.165) is 5.69 Å². The lowest BCUT2D eigenvalue weighted by Gasteiger charge is -2.16. The molecule has 1 heterocycles. The van der Waals surface area contributed by atoms with E-state index >= 15 is 0 Å². The van der Waals surface area contributed by atoms with Gasteiger partial charge in [0, 0.05) is 12.4 Å². The minimum Gasteiger partial charge on any atom is -0.278 e. The summed E-state index contributed by atoms with van der Waals surface area (Å²) >= 11 is 0. The summed E-state index contributed by atoms with van der Waals surface area (Å²) in [5.74, 6) is 0. The van der Waals surface area contributed by atoms with Crippen LogP contribution in [0.25, 0.3) is 10.8 Å². The van der Waals surface area contributed by atoms with E-state index in [-0.39, 0.29) is 6.04 Å². The third kappa shape index (κ3) is 3.33. The number of nitrogens with zero attached hydrogens (tertiary/aromatic N) is 2. The molecule has 0 radical (unpaired) electrons. The molecule has 0 spiro atoms. The van der Waals surface area contributed by atoms with Crippen molar-refractivity contribution in [1.82, 2.24) is 4.98 Å². The molecule has 0 aliphatic rings. The standard InChI is InChI=1S/C23H18N2/c1-2-10-19(11-3-1)23(25-17-20-13-6-7-16-24-20)22-15-8-12-18-9-4-5-14-21(18)22/h1-17,23H/b25-17+. The second-order valence-corrected chi connectivity index (χ2v) is 5.91. The Morgan fingerprint density at radius 3 is 2.32 bits per heavy atom. The van der Waals surface area contributed by atoms with Gasteiger partial charge >= 0.3 is 0 Å². The van der Waals surface area contributed by atoms with Crippen molar-refractivity contribution in [2.24, 2.45) is 4.99 Å². The first kappa shape index (κ1) is 15.3. The molecule has 0 saturated carbocycles. The Balaban J connectivity index is 1.84. The number of aromatic nitrogens is 1. The van der Waals surface area contributed by atoms with Crippen LogP contribution in [-0.2, 0) is 0 Å². The largest absolute Gasteiger partial charge is 0.278 e. The van der Waals surface area contributed by atoms with Crippen LogP contribution in [0.3, 0.4) is 0 Å². The predicted molar refractivity (Wildman–Crippen MR) is 104 cm³/mol. The Morgan fingerprint density at radius 1 is 0.720 bits per heavy atom. The van der Waals surface area contributed by atoms with Crippen LogP contribution in [0, 0.1) is 0 Å². The molecule has 0 saturated heterocycles. The fourth-order valence-corrected chi connectivity index (χ4v) is 3.07. The summed E-state index contributed by atoms with van der Waals surface area (Å²) < 4.78 is 0. The van der Waals surface area contributed by atoms with Crippen molar-refractivity contribution in [1.29, 1.82) is 0 Å². The first-order chi connectivity index (χ1) is 12.4. The highest BCUT2D eigenvalue weighted by molar-refractivity contribution is 5.87. The molecule has 1 aromatic heterocycles. The summed E-state index contributed by atoms with van der Waals surface area (Å²) in [5.41, 5.74) is 3.24. The van der Waals surface area contributed by atoms with Gasteiger partial charge in [-0.05, 0) is 34.0 Å². The molecule has 0 aliphatic carbocycles. The third-order valence-electron chi connectivity index (χ3n) is 4.28. The monoisotopic (exact) mass is 322 g/mol. The minimum absolute atomic E-state index is 0.0608. The van der Waals surface area contributed by atoms with Gasteiger partial charge in [-0.25, -0.2) is 0 Å². The minimum atomic E-state index is -0.0608. The van der Waals surface area contributed by atoms with Crippen molar-refractivity contribution in [3.05, 3.63) is 114 Å². The number of fused-ring (bicyclic) bond motifs is 1. The second kappa shape index (κ2) is 7.10. The number of pyridine rings is 1. The summed E-state index contributed by atoms with van der Waals surface area (Å²) in [7, 11) is 0. The Labute approximate surface area is 147 Å². The van der Waals surface area contributed by atoms with Gasteiger partial charge in [-0.3, -0.25) is 9.98 Å². The molecule has 0 aliphatic heterocycles. The molecule has 120 valence electrons. The highest BCUT2D eigenvalue weighted by Gasteiger charge is 2.14. The van der Waals surface area contributed by atoms with E-state index in [4.69, 9.17) is 4.99 Å². The number of rotatable bonds is 4. The zero-order valence-corrected chi connectivity index (χ0v) is 13.8. The van der Waals surface area contributed by atoms with E-state index in [2.05, 4.69) is 71.7 Å². The lowest BCUT2D eigenvalue weighted by molar-refractivity contribution is 0.886. The molecule has 1 unspecified atom stereocenters. The first-order valence-electron chi connectivity index (χ1n) is 8.38. The molecule has 25 heavy (non-hydrogen) atoms. The predicted octanol–water partition coefficient (Wildman–Crippen LogP) is 5.44. The second-order valence-electron chi connectivity index (χ2n) is 5.91. The Kier molecular flexibility index (Phi) is 4.34. The third-order valence-corrected chi connectivity index (χ3v) is 4.28. The van der Waals surface area contributed by atoms with Crippen LogP contribution >= 0.6 is 0 Å². The van der Waals surface area contributed by atoms with Gasteiger partial charge in [-0.1, -0.05) is 78.9 Å². The van der Waals surface area contributed by atoms with E-state index in [1.54, 1.807) is 6.20 Å². The molecule has 1 atom stereocenters. The van der Waals surface area contributed by atoms with E-state index in [0.29, 0.717) is 0 Å². The molecule has 2 heteroatoms. The highest BCUT2D eigenvalue weighted by Crippen LogP contribution is 2.31. The molecule has 0 amide bonds. The van der Waals surface area contributed by atoms with Crippen LogP contribution in [-0.4, -0.2) is 11.2 Å². The fraction of sp³-hybridized carbons (Fsp3) is 0.0435. The van der Waals surface area contributed by atoms with Gasteiger partial charge in [0.05, 0.1) is 5.69 Å². The smallest absolute Gasteiger partial charge is 0.101 e. The molecule has 0 N–H and O–H groups in total. The van der Waals surface area contributed by atoms with Gasteiger partial charge in [0.1, 0.15) is 6.04 Å². The number of hydrogen-bond acceptors (Lipinski definition) is 2. The number of benzene rings is 3. The molecule has 4 aromatic rings. The van der Waals surface area contributed by atoms with Crippen LogP contribution in [0.4, 0.5) is 0 Å². The zero-order valence-electron chi connectivity index (χ0n) is 13.8. The normalized spacial score (nSPS) is 12.5. The summed E-state index contributed by atoms with van der Waals surface area (Å²) in [6, 6.07) is 31.1. The maximum atomic E-state index is 4.90. The molecule has 0 fully saturated rings. The maximum Gasteiger partial charge on any atom is 0.101 e. The molecule has 2 nitrogen and oxygen atoms in total. The lowest BCUT2D eigenvalue weighted by atomic mass is 9.94. The molecule has 4 rings (SSSR count). The summed E-state index contributed by atoms with van der Waals surface area (Å²) in [4.78, 5) is 9.25. The van der Waals surface area contributed by atoms with Gasteiger partial charge in [-0.15, -0.1) is 0 Å². The van der Waals surface area contributed by atoms with E-state index < -0.39 is 0 Å². The van der Waals surface area contributed by atoms with Crippen molar-refractivity contribution in [3.63, 3.8) is 0 Å².